The Kier molecular flexibility index (Phi) is 3.18. The molecule has 1 saturated heterocycles. The number of nitriles is 1. The van der Waals surface area contributed by atoms with Crippen molar-refractivity contribution in [3.63, 3.8) is 0 Å². The van der Waals surface area contributed by atoms with Crippen LogP contribution in [0.25, 0.3) is 0 Å². The second kappa shape index (κ2) is 4.51. The Labute approximate surface area is 111 Å². The maximum Gasteiger partial charge on any atom is 0.245 e. The van der Waals surface area contributed by atoms with Crippen LogP contribution in [0.3, 0.4) is 0 Å². The average molecular weight is 264 g/mol. The Balaban J connectivity index is 2.48. The lowest BCUT2D eigenvalue weighted by molar-refractivity contribution is -0.126. The Morgan fingerprint density at radius 2 is 2.22 bits per heavy atom. The number of nitrogens with zero attached hydrogens (tertiary/aromatic N) is 2. The SMILES string of the molecule is CC1(C)C(=O)NCCN1c1ccc(Cl)cc1C#N. The number of anilines is 1. The van der Waals surface area contributed by atoms with E-state index in [1.165, 1.54) is 0 Å². The van der Waals surface area contributed by atoms with Gasteiger partial charge in [0.2, 0.25) is 5.91 Å². The van der Waals surface area contributed by atoms with E-state index in [2.05, 4.69) is 11.4 Å². The molecule has 94 valence electrons. The standard InChI is InChI=1S/C13H14ClN3O/c1-13(2)12(18)16-5-6-17(13)11-4-3-10(14)7-9(11)8-15/h3-4,7H,5-6H2,1-2H3,(H,16,18). The molecule has 1 fully saturated rings. The lowest BCUT2D eigenvalue weighted by Crippen LogP contribution is -2.62. The first-order valence-electron chi connectivity index (χ1n) is 5.72. The van der Waals surface area contributed by atoms with E-state index >= 15 is 0 Å². The highest BCUT2D eigenvalue weighted by Crippen LogP contribution is 2.30. The van der Waals surface area contributed by atoms with E-state index < -0.39 is 5.54 Å². The zero-order valence-electron chi connectivity index (χ0n) is 10.3. The summed E-state index contributed by atoms with van der Waals surface area (Å²) in [6.07, 6.45) is 0. The highest BCUT2D eigenvalue weighted by molar-refractivity contribution is 6.30. The Morgan fingerprint density at radius 3 is 2.89 bits per heavy atom. The normalized spacial score (nSPS) is 18.1. The topological polar surface area (TPSA) is 56.1 Å². The fraction of sp³-hybridized carbons (Fsp3) is 0.385. The van der Waals surface area contributed by atoms with E-state index in [1.807, 2.05) is 18.7 Å². The second-order valence-corrected chi connectivity index (χ2v) is 5.18. The van der Waals surface area contributed by atoms with Crippen molar-refractivity contribution in [1.82, 2.24) is 5.32 Å². The quantitative estimate of drug-likeness (QED) is 0.842. The largest absolute Gasteiger partial charge is 0.355 e. The molecule has 1 N–H and O–H groups in total. The van der Waals surface area contributed by atoms with Gasteiger partial charge in [0.1, 0.15) is 11.6 Å². The molecule has 1 aliphatic heterocycles. The van der Waals surface area contributed by atoms with Crippen LogP contribution in [-0.4, -0.2) is 24.5 Å². The van der Waals surface area contributed by atoms with Crippen molar-refractivity contribution in [2.75, 3.05) is 18.0 Å². The molecular weight excluding hydrogens is 250 g/mol. The number of carbonyl (C=O) groups excluding carboxylic acids is 1. The minimum Gasteiger partial charge on any atom is -0.355 e. The van der Waals surface area contributed by atoms with Crippen LogP contribution in [0, 0.1) is 11.3 Å². The fourth-order valence-corrected chi connectivity index (χ4v) is 2.33. The molecule has 1 aromatic carbocycles. The van der Waals surface area contributed by atoms with Gasteiger partial charge in [-0.1, -0.05) is 11.6 Å². The molecule has 1 heterocycles. The first kappa shape index (κ1) is 12.7. The van der Waals surface area contributed by atoms with Crippen LogP contribution in [0.15, 0.2) is 18.2 Å². The lowest BCUT2D eigenvalue weighted by atomic mass is 9.97. The van der Waals surface area contributed by atoms with E-state index in [0.717, 1.165) is 5.69 Å². The molecule has 0 aliphatic carbocycles. The molecular formula is C13H14ClN3O. The van der Waals surface area contributed by atoms with Crippen LogP contribution in [0.5, 0.6) is 0 Å². The van der Waals surface area contributed by atoms with E-state index in [9.17, 15) is 10.1 Å². The summed E-state index contributed by atoms with van der Waals surface area (Å²) in [6, 6.07) is 7.28. The number of benzene rings is 1. The summed E-state index contributed by atoms with van der Waals surface area (Å²) in [5, 5.41) is 12.5. The highest BCUT2D eigenvalue weighted by Gasteiger charge is 2.38. The third kappa shape index (κ3) is 2.02. The Bertz CT molecular complexity index is 534. The minimum absolute atomic E-state index is 0.0346. The van der Waals surface area contributed by atoms with Crippen LogP contribution in [0.2, 0.25) is 5.02 Å². The van der Waals surface area contributed by atoms with Gasteiger partial charge in [0.25, 0.3) is 0 Å². The molecule has 0 radical (unpaired) electrons. The van der Waals surface area contributed by atoms with Crippen molar-refractivity contribution < 1.29 is 4.79 Å². The van der Waals surface area contributed by atoms with Gasteiger partial charge in [0.15, 0.2) is 0 Å². The summed E-state index contributed by atoms with van der Waals surface area (Å²) < 4.78 is 0. The predicted octanol–water partition coefficient (Wildman–Crippen LogP) is 1.93. The number of halogens is 1. The fourth-order valence-electron chi connectivity index (χ4n) is 2.15. The molecule has 0 aromatic heterocycles. The third-order valence-corrected chi connectivity index (χ3v) is 3.46. The molecule has 0 unspecified atom stereocenters. The number of hydrogen-bond donors (Lipinski definition) is 1. The van der Waals surface area contributed by atoms with Crippen molar-refractivity contribution in [3.05, 3.63) is 28.8 Å². The van der Waals surface area contributed by atoms with E-state index in [4.69, 9.17) is 11.6 Å². The first-order chi connectivity index (χ1) is 8.46. The van der Waals surface area contributed by atoms with E-state index in [-0.39, 0.29) is 5.91 Å². The van der Waals surface area contributed by atoms with Gasteiger partial charge in [0.05, 0.1) is 11.3 Å². The van der Waals surface area contributed by atoms with Crippen molar-refractivity contribution >= 4 is 23.2 Å². The number of hydrogen-bond acceptors (Lipinski definition) is 3. The highest BCUT2D eigenvalue weighted by atomic mass is 35.5. The van der Waals surface area contributed by atoms with Crippen molar-refractivity contribution in [3.8, 4) is 6.07 Å². The maximum absolute atomic E-state index is 11.9. The number of nitrogens with one attached hydrogen (secondary N) is 1. The summed E-state index contributed by atoms with van der Waals surface area (Å²) in [7, 11) is 0. The molecule has 1 aliphatic rings. The van der Waals surface area contributed by atoms with Gasteiger partial charge >= 0.3 is 0 Å². The summed E-state index contributed by atoms with van der Waals surface area (Å²) in [5.41, 5.74) is 0.574. The maximum atomic E-state index is 11.9. The number of piperazine rings is 1. The molecule has 1 amide bonds. The molecule has 18 heavy (non-hydrogen) atoms. The van der Waals surface area contributed by atoms with Gasteiger partial charge in [-0.15, -0.1) is 0 Å². The smallest absolute Gasteiger partial charge is 0.245 e. The van der Waals surface area contributed by atoms with E-state index in [1.54, 1.807) is 18.2 Å². The molecule has 0 saturated carbocycles. The first-order valence-corrected chi connectivity index (χ1v) is 6.10. The molecule has 0 spiro atoms. The van der Waals surface area contributed by atoms with Crippen molar-refractivity contribution in [2.24, 2.45) is 0 Å². The Morgan fingerprint density at radius 1 is 1.50 bits per heavy atom. The predicted molar refractivity (Wildman–Crippen MR) is 70.6 cm³/mol. The van der Waals surface area contributed by atoms with Crippen LogP contribution in [-0.2, 0) is 4.79 Å². The van der Waals surface area contributed by atoms with Crippen LogP contribution in [0.4, 0.5) is 5.69 Å². The summed E-state index contributed by atoms with van der Waals surface area (Å²) in [4.78, 5) is 13.8. The summed E-state index contributed by atoms with van der Waals surface area (Å²) >= 11 is 5.89. The van der Waals surface area contributed by atoms with Gasteiger partial charge in [-0.25, -0.2) is 0 Å². The van der Waals surface area contributed by atoms with Crippen LogP contribution in [0.1, 0.15) is 19.4 Å². The molecule has 0 bridgehead atoms. The molecule has 1 aromatic rings. The van der Waals surface area contributed by atoms with Crippen molar-refractivity contribution in [2.45, 2.75) is 19.4 Å². The molecule has 2 rings (SSSR count). The lowest BCUT2D eigenvalue weighted by Gasteiger charge is -2.43. The molecule has 0 atom stereocenters. The second-order valence-electron chi connectivity index (χ2n) is 4.74. The summed E-state index contributed by atoms with van der Waals surface area (Å²) in [6.45, 7) is 4.94. The molecule has 4 nitrogen and oxygen atoms in total. The van der Waals surface area contributed by atoms with Gasteiger partial charge in [0, 0.05) is 18.1 Å². The monoisotopic (exact) mass is 263 g/mol. The van der Waals surface area contributed by atoms with Gasteiger partial charge in [-0.05, 0) is 32.0 Å². The van der Waals surface area contributed by atoms with Crippen LogP contribution < -0.4 is 10.2 Å². The van der Waals surface area contributed by atoms with Gasteiger partial charge in [-0.3, -0.25) is 4.79 Å². The Hall–Kier alpha value is -1.73. The number of amides is 1. The van der Waals surface area contributed by atoms with Crippen molar-refractivity contribution in [1.29, 1.82) is 5.26 Å². The van der Waals surface area contributed by atoms with Gasteiger partial charge in [-0.2, -0.15) is 5.26 Å². The van der Waals surface area contributed by atoms with Crippen LogP contribution >= 0.6 is 11.6 Å². The third-order valence-electron chi connectivity index (χ3n) is 3.22. The molecule has 5 heteroatoms. The number of rotatable bonds is 1. The summed E-state index contributed by atoms with van der Waals surface area (Å²) in [5.74, 6) is -0.0346. The minimum atomic E-state index is -0.669. The van der Waals surface area contributed by atoms with E-state index in [0.29, 0.717) is 23.7 Å². The zero-order chi connectivity index (χ0) is 13.3. The van der Waals surface area contributed by atoms with Gasteiger partial charge < -0.3 is 10.2 Å². The average Bonchev–Trinajstić information content (AvgIpc) is 2.33. The number of carbonyl (C=O) groups is 1. The zero-order valence-corrected chi connectivity index (χ0v) is 11.1.